The summed E-state index contributed by atoms with van der Waals surface area (Å²) in [4.78, 5) is 0. The van der Waals surface area contributed by atoms with Crippen molar-refractivity contribution in [1.82, 2.24) is 0 Å². The van der Waals surface area contributed by atoms with Crippen LogP contribution in [-0.4, -0.2) is 6.16 Å². The molecule has 0 aromatic heterocycles. The van der Waals surface area contributed by atoms with E-state index in [1.54, 1.807) is 0 Å². The molecule has 0 fully saturated rings. The maximum absolute atomic E-state index is 2.33. The Morgan fingerprint density at radius 3 is 1.26 bits per heavy atom. The Kier molecular flexibility index (Phi) is 5.05. The van der Waals surface area contributed by atoms with Crippen molar-refractivity contribution in [3.8, 4) is 0 Å². The van der Waals surface area contributed by atoms with Crippen molar-refractivity contribution >= 4 is 23.2 Å². The van der Waals surface area contributed by atoms with Gasteiger partial charge >= 0.3 is 139 Å². The van der Waals surface area contributed by atoms with Crippen LogP contribution in [0.25, 0.3) is 0 Å². The van der Waals surface area contributed by atoms with E-state index in [4.69, 9.17) is 0 Å². The predicted molar refractivity (Wildman–Crippen MR) is 106 cm³/mol. The summed E-state index contributed by atoms with van der Waals surface area (Å²) in [5, 5.41) is 4.40. The van der Waals surface area contributed by atoms with Gasteiger partial charge in [0.1, 0.15) is 0 Å². The van der Waals surface area contributed by atoms with Crippen LogP contribution in [-0.2, 0) is 0 Å². The monoisotopic (exact) mass is 318 g/mol. The van der Waals surface area contributed by atoms with Crippen molar-refractivity contribution in [3.63, 3.8) is 0 Å². The first-order valence-electron chi connectivity index (χ1n) is 8.15. The van der Waals surface area contributed by atoms with Crippen molar-refractivity contribution in [2.45, 2.75) is 6.92 Å². The van der Waals surface area contributed by atoms with Gasteiger partial charge < -0.3 is 0 Å². The third-order valence-electron chi connectivity index (χ3n) is 4.46. The Hall–Kier alpha value is -2.17. The summed E-state index contributed by atoms with van der Waals surface area (Å²) in [5.41, 5.74) is 0. The summed E-state index contributed by atoms with van der Waals surface area (Å²) in [6.07, 6.45) is 5.59. The van der Waals surface area contributed by atoms with E-state index < -0.39 is 7.26 Å². The summed E-state index contributed by atoms with van der Waals surface area (Å²) >= 11 is 0. The molecule has 23 heavy (non-hydrogen) atoms. The number of hydrogen-bond acceptors (Lipinski definition) is 0. The van der Waals surface area contributed by atoms with E-state index in [9.17, 15) is 0 Å². The second kappa shape index (κ2) is 7.40. The van der Waals surface area contributed by atoms with Gasteiger partial charge in [-0.05, 0) is 0 Å². The van der Waals surface area contributed by atoms with Gasteiger partial charge in [-0.3, -0.25) is 0 Å². The van der Waals surface area contributed by atoms with Crippen LogP contribution in [0.15, 0.2) is 103 Å². The van der Waals surface area contributed by atoms with Crippen molar-refractivity contribution in [3.05, 3.63) is 103 Å². The molecule has 3 aromatic rings. The molecule has 0 aliphatic heterocycles. The van der Waals surface area contributed by atoms with Crippen LogP contribution < -0.4 is 15.9 Å². The second-order valence-corrected chi connectivity index (χ2v) is 9.73. The van der Waals surface area contributed by atoms with E-state index in [1.165, 1.54) is 15.9 Å². The molecule has 0 saturated heterocycles. The van der Waals surface area contributed by atoms with E-state index in [2.05, 4.69) is 110 Å². The average Bonchev–Trinajstić information content (AvgIpc) is 2.65. The number of benzene rings is 3. The van der Waals surface area contributed by atoms with Crippen LogP contribution in [0, 0.1) is 0 Å². The summed E-state index contributed by atoms with van der Waals surface area (Å²) in [7, 11) is -2.03. The molecule has 0 nitrogen and oxygen atoms in total. The van der Waals surface area contributed by atoms with Gasteiger partial charge in [0.25, 0.3) is 0 Å². The quantitative estimate of drug-likeness (QED) is 0.486. The molecule has 0 aliphatic rings. The molecule has 0 aliphatic carbocycles. The molecule has 1 heteroatoms. The van der Waals surface area contributed by atoms with E-state index in [-0.39, 0.29) is 0 Å². The average molecular weight is 318 g/mol. The third kappa shape index (κ3) is 3.14. The molecule has 0 radical (unpaired) electrons. The topological polar surface area (TPSA) is 0 Å². The zero-order chi connectivity index (χ0) is 16.0. The van der Waals surface area contributed by atoms with Crippen molar-refractivity contribution in [2.24, 2.45) is 0 Å². The summed E-state index contributed by atoms with van der Waals surface area (Å²) < 4.78 is 0. The van der Waals surface area contributed by atoms with Gasteiger partial charge in [0, 0.05) is 0 Å². The SMILES string of the molecule is C/C=C/C[PH](c1ccccc1)(c1ccccc1)c1ccccc1. The van der Waals surface area contributed by atoms with Crippen LogP contribution in [0.5, 0.6) is 0 Å². The minimum atomic E-state index is -2.03. The summed E-state index contributed by atoms with van der Waals surface area (Å²) in [6, 6.07) is 33.1. The van der Waals surface area contributed by atoms with Crippen molar-refractivity contribution in [2.75, 3.05) is 6.16 Å². The molecule has 0 saturated carbocycles. The number of allylic oxidation sites excluding steroid dienone is 2. The van der Waals surface area contributed by atoms with Gasteiger partial charge in [-0.2, -0.15) is 0 Å². The van der Waals surface area contributed by atoms with Gasteiger partial charge in [-0.25, -0.2) is 0 Å². The molecule has 116 valence electrons. The van der Waals surface area contributed by atoms with Gasteiger partial charge in [0.2, 0.25) is 0 Å². The van der Waals surface area contributed by atoms with E-state index >= 15 is 0 Å². The third-order valence-corrected chi connectivity index (χ3v) is 9.26. The van der Waals surface area contributed by atoms with Gasteiger partial charge in [0.05, 0.1) is 0 Å². The first-order chi connectivity index (χ1) is 11.4. The van der Waals surface area contributed by atoms with E-state index in [0.29, 0.717) is 0 Å². The number of hydrogen-bond donors (Lipinski definition) is 0. The van der Waals surface area contributed by atoms with Crippen molar-refractivity contribution in [1.29, 1.82) is 0 Å². The van der Waals surface area contributed by atoms with E-state index in [0.717, 1.165) is 6.16 Å². The standard InChI is InChI=1S/C22H23P/c1-2-3-19-23(20-13-7-4-8-14-20,21-15-9-5-10-16-21)22-17-11-6-12-18-22/h2-18,23H,19H2,1H3/b3-2+. The number of rotatable bonds is 5. The molecule has 3 rings (SSSR count). The molecule has 0 bridgehead atoms. The van der Waals surface area contributed by atoms with Crippen LogP contribution >= 0.6 is 7.26 Å². The molecule has 0 heterocycles. The summed E-state index contributed by atoms with van der Waals surface area (Å²) in [5.74, 6) is 0. The Morgan fingerprint density at radius 1 is 0.609 bits per heavy atom. The molecule has 0 N–H and O–H groups in total. The Labute approximate surface area is 139 Å². The fraction of sp³-hybridized carbons (Fsp3) is 0.0909. The van der Waals surface area contributed by atoms with Crippen LogP contribution in [0.1, 0.15) is 6.92 Å². The van der Waals surface area contributed by atoms with Crippen molar-refractivity contribution < 1.29 is 0 Å². The predicted octanol–water partition coefficient (Wildman–Crippen LogP) is 4.29. The summed E-state index contributed by atoms with van der Waals surface area (Å²) in [6.45, 7) is 2.11. The van der Waals surface area contributed by atoms with Gasteiger partial charge in [-0.15, -0.1) is 0 Å². The normalized spacial score (nSPS) is 12.4. The Bertz CT molecular complexity index is 649. The molecule has 0 unspecified atom stereocenters. The Morgan fingerprint density at radius 2 is 0.957 bits per heavy atom. The fourth-order valence-electron chi connectivity index (χ4n) is 3.32. The molecule has 3 aromatic carbocycles. The molecular formula is C22H23P. The molecule has 0 atom stereocenters. The van der Waals surface area contributed by atoms with Gasteiger partial charge in [0.15, 0.2) is 0 Å². The zero-order valence-corrected chi connectivity index (χ0v) is 14.5. The second-order valence-electron chi connectivity index (χ2n) is 5.78. The maximum atomic E-state index is 2.33. The first kappa shape index (κ1) is 15.7. The van der Waals surface area contributed by atoms with Crippen LogP contribution in [0.3, 0.4) is 0 Å². The molecule has 0 amide bonds. The van der Waals surface area contributed by atoms with Gasteiger partial charge in [-0.1, -0.05) is 0 Å². The van der Waals surface area contributed by atoms with Crippen LogP contribution in [0.2, 0.25) is 0 Å². The molecular weight excluding hydrogens is 295 g/mol. The fourth-order valence-corrected chi connectivity index (χ4v) is 7.90. The first-order valence-corrected chi connectivity index (χ1v) is 10.4. The molecule has 0 spiro atoms. The minimum absolute atomic E-state index is 1.08. The van der Waals surface area contributed by atoms with Crippen LogP contribution in [0.4, 0.5) is 0 Å². The van der Waals surface area contributed by atoms with E-state index in [1.807, 2.05) is 0 Å². The Balaban J connectivity index is 2.30. The zero-order valence-electron chi connectivity index (χ0n) is 13.5.